The van der Waals surface area contributed by atoms with Gasteiger partial charge in [0.2, 0.25) is 6.79 Å². The van der Waals surface area contributed by atoms with Gasteiger partial charge in [-0.05, 0) is 54.4 Å². The average Bonchev–Trinajstić information content (AvgIpc) is 3.28. The third-order valence-corrected chi connectivity index (χ3v) is 5.18. The lowest BCUT2D eigenvalue weighted by Gasteiger charge is -2.15. The first-order valence-electron chi connectivity index (χ1n) is 9.91. The quantitative estimate of drug-likeness (QED) is 0.427. The van der Waals surface area contributed by atoms with Crippen molar-refractivity contribution in [3.8, 4) is 22.8 Å². The standard InChI is InChI=1S/C24H20FN3O3.H3N/c1-29-11-8-15-2-4-19-18(12-15)24(27-17-6-9-26-10-7-17)22(25)23(28-19)16-3-5-20-21(13-16)31-14-30-20;/h2-7,9-10,12-13H,8,11,14H2,1H3,(H,26,27,28);1H3. The van der Waals surface area contributed by atoms with Crippen molar-refractivity contribution in [2.24, 2.45) is 0 Å². The van der Waals surface area contributed by atoms with Crippen LogP contribution in [-0.4, -0.2) is 30.5 Å². The number of methoxy groups -OCH3 is 1. The van der Waals surface area contributed by atoms with E-state index in [2.05, 4.69) is 15.3 Å². The summed E-state index contributed by atoms with van der Waals surface area (Å²) in [6.07, 6.45) is 4.05. The van der Waals surface area contributed by atoms with Crippen LogP contribution in [0.2, 0.25) is 0 Å². The molecule has 32 heavy (non-hydrogen) atoms. The second-order valence-electron chi connectivity index (χ2n) is 7.17. The number of rotatable bonds is 6. The van der Waals surface area contributed by atoms with Crippen LogP contribution in [0, 0.1) is 5.82 Å². The number of pyridine rings is 2. The van der Waals surface area contributed by atoms with Crippen molar-refractivity contribution in [2.45, 2.75) is 6.42 Å². The maximum Gasteiger partial charge on any atom is 0.231 e. The molecule has 164 valence electrons. The SMILES string of the molecule is COCCc1ccc2nc(-c3ccc4c(c3)OCO4)c(F)c(Nc3ccncc3)c2c1.N. The molecule has 1 aliphatic rings. The predicted molar refractivity (Wildman–Crippen MR) is 121 cm³/mol. The minimum absolute atomic E-state index is 0. The lowest BCUT2D eigenvalue weighted by molar-refractivity contribution is 0.174. The highest BCUT2D eigenvalue weighted by Crippen LogP contribution is 2.39. The van der Waals surface area contributed by atoms with Gasteiger partial charge in [0.05, 0.1) is 17.8 Å². The molecule has 4 aromatic rings. The van der Waals surface area contributed by atoms with Crippen LogP contribution in [0.3, 0.4) is 0 Å². The summed E-state index contributed by atoms with van der Waals surface area (Å²) in [6.45, 7) is 0.745. The summed E-state index contributed by atoms with van der Waals surface area (Å²) < 4.78 is 31.9. The van der Waals surface area contributed by atoms with Crippen LogP contribution in [0.5, 0.6) is 11.5 Å². The Labute approximate surface area is 184 Å². The zero-order valence-electron chi connectivity index (χ0n) is 17.6. The van der Waals surface area contributed by atoms with Crippen LogP contribution < -0.4 is 20.9 Å². The van der Waals surface area contributed by atoms with Crippen molar-refractivity contribution in [1.29, 1.82) is 0 Å². The molecular weight excluding hydrogens is 411 g/mol. The fraction of sp³-hybridized carbons (Fsp3) is 0.167. The van der Waals surface area contributed by atoms with E-state index in [4.69, 9.17) is 14.2 Å². The van der Waals surface area contributed by atoms with E-state index in [-0.39, 0.29) is 18.6 Å². The maximum atomic E-state index is 15.9. The topological polar surface area (TPSA) is 100 Å². The second kappa shape index (κ2) is 9.17. The van der Waals surface area contributed by atoms with Crippen LogP contribution in [0.1, 0.15) is 5.56 Å². The lowest BCUT2D eigenvalue weighted by atomic mass is 10.0. The minimum Gasteiger partial charge on any atom is -0.454 e. The summed E-state index contributed by atoms with van der Waals surface area (Å²) in [7, 11) is 1.66. The molecule has 0 aliphatic carbocycles. The minimum atomic E-state index is -0.438. The molecule has 0 spiro atoms. The van der Waals surface area contributed by atoms with E-state index in [0.29, 0.717) is 40.3 Å². The van der Waals surface area contributed by atoms with Gasteiger partial charge in [-0.15, -0.1) is 0 Å². The van der Waals surface area contributed by atoms with Crippen molar-refractivity contribution in [2.75, 3.05) is 25.8 Å². The molecule has 7 nitrogen and oxygen atoms in total. The van der Waals surface area contributed by atoms with E-state index in [1.807, 2.05) is 18.2 Å². The van der Waals surface area contributed by atoms with Gasteiger partial charge in [0.25, 0.3) is 0 Å². The molecule has 8 heteroatoms. The van der Waals surface area contributed by atoms with Gasteiger partial charge < -0.3 is 25.7 Å². The molecule has 0 fully saturated rings. The third kappa shape index (κ3) is 4.05. The molecule has 2 aromatic heterocycles. The van der Waals surface area contributed by atoms with Gasteiger partial charge in [0.15, 0.2) is 17.3 Å². The molecule has 0 saturated carbocycles. The van der Waals surface area contributed by atoms with E-state index < -0.39 is 5.82 Å². The van der Waals surface area contributed by atoms with E-state index >= 15 is 4.39 Å². The van der Waals surface area contributed by atoms with Crippen LogP contribution in [-0.2, 0) is 11.2 Å². The van der Waals surface area contributed by atoms with Crippen molar-refractivity contribution in [1.82, 2.24) is 16.1 Å². The third-order valence-electron chi connectivity index (χ3n) is 5.18. The largest absolute Gasteiger partial charge is 0.454 e. The van der Waals surface area contributed by atoms with E-state index in [1.165, 1.54) is 0 Å². The van der Waals surface area contributed by atoms with Crippen LogP contribution in [0.15, 0.2) is 60.9 Å². The monoisotopic (exact) mass is 434 g/mol. The van der Waals surface area contributed by atoms with Crippen molar-refractivity contribution >= 4 is 22.3 Å². The second-order valence-corrected chi connectivity index (χ2v) is 7.17. The highest BCUT2D eigenvalue weighted by atomic mass is 19.1. The van der Waals surface area contributed by atoms with E-state index in [1.54, 1.807) is 49.8 Å². The first-order chi connectivity index (χ1) is 15.2. The number of nitrogens with one attached hydrogen (secondary N) is 1. The molecule has 1 aliphatic heterocycles. The molecule has 5 rings (SSSR count). The van der Waals surface area contributed by atoms with Gasteiger partial charge in [-0.1, -0.05) is 6.07 Å². The fourth-order valence-corrected chi connectivity index (χ4v) is 3.60. The molecule has 0 unspecified atom stereocenters. The Hall–Kier alpha value is -3.75. The van der Waals surface area contributed by atoms with Gasteiger partial charge >= 0.3 is 0 Å². The smallest absolute Gasteiger partial charge is 0.231 e. The zero-order valence-corrected chi connectivity index (χ0v) is 17.6. The summed E-state index contributed by atoms with van der Waals surface area (Å²) in [5.74, 6) is 0.785. The molecule has 2 aromatic carbocycles. The predicted octanol–water partition coefficient (Wildman–Crippen LogP) is 5.26. The van der Waals surface area contributed by atoms with Crippen LogP contribution in [0.4, 0.5) is 15.8 Å². The number of ether oxygens (including phenoxy) is 3. The summed E-state index contributed by atoms with van der Waals surface area (Å²) >= 11 is 0. The molecule has 0 atom stereocenters. The van der Waals surface area contributed by atoms with Gasteiger partial charge in [-0.2, -0.15) is 0 Å². The van der Waals surface area contributed by atoms with E-state index in [0.717, 1.165) is 17.7 Å². The van der Waals surface area contributed by atoms with Crippen molar-refractivity contribution < 1.29 is 18.6 Å². The van der Waals surface area contributed by atoms with Gasteiger partial charge in [-0.3, -0.25) is 4.98 Å². The summed E-state index contributed by atoms with van der Waals surface area (Å²) in [5.41, 5.74) is 3.69. The number of aromatic nitrogens is 2. The first kappa shape index (κ1) is 21.5. The molecule has 0 radical (unpaired) electrons. The maximum absolute atomic E-state index is 15.9. The summed E-state index contributed by atoms with van der Waals surface area (Å²) in [6, 6.07) is 14.8. The summed E-state index contributed by atoms with van der Waals surface area (Å²) in [5, 5.41) is 3.92. The molecule has 0 bridgehead atoms. The van der Waals surface area contributed by atoms with Crippen molar-refractivity contribution in [3.05, 3.63) is 72.3 Å². The van der Waals surface area contributed by atoms with Gasteiger partial charge in [0.1, 0.15) is 5.69 Å². The van der Waals surface area contributed by atoms with Gasteiger partial charge in [0, 0.05) is 36.1 Å². The van der Waals surface area contributed by atoms with Gasteiger partial charge in [-0.25, -0.2) is 9.37 Å². The number of fused-ring (bicyclic) bond motifs is 2. The Bertz CT molecular complexity index is 1250. The van der Waals surface area contributed by atoms with Crippen LogP contribution in [0.25, 0.3) is 22.2 Å². The number of nitrogens with zero attached hydrogens (tertiary/aromatic N) is 2. The fourth-order valence-electron chi connectivity index (χ4n) is 3.60. The number of halogens is 1. The normalized spacial score (nSPS) is 11.9. The molecule has 3 heterocycles. The molecule has 0 amide bonds. The molecule has 0 saturated heterocycles. The summed E-state index contributed by atoms with van der Waals surface area (Å²) in [4.78, 5) is 8.67. The average molecular weight is 434 g/mol. The highest BCUT2D eigenvalue weighted by Gasteiger charge is 2.20. The Kier molecular flexibility index (Phi) is 6.16. The van der Waals surface area contributed by atoms with Crippen molar-refractivity contribution in [3.63, 3.8) is 0 Å². The molecular formula is C24H23FN4O3. The number of anilines is 2. The molecule has 4 N–H and O–H groups in total. The lowest BCUT2D eigenvalue weighted by Crippen LogP contribution is -2.02. The Morgan fingerprint density at radius 2 is 1.84 bits per heavy atom. The Balaban J connectivity index is 0.00000245. The number of hydrogen-bond acceptors (Lipinski definition) is 7. The highest BCUT2D eigenvalue weighted by molar-refractivity contribution is 5.96. The Morgan fingerprint density at radius 1 is 1.03 bits per heavy atom. The zero-order chi connectivity index (χ0) is 21.2. The first-order valence-corrected chi connectivity index (χ1v) is 9.91. The number of benzene rings is 2. The number of hydrogen-bond donors (Lipinski definition) is 2. The van der Waals surface area contributed by atoms with Crippen LogP contribution >= 0.6 is 0 Å². The van der Waals surface area contributed by atoms with E-state index in [9.17, 15) is 0 Å². The Morgan fingerprint density at radius 3 is 2.66 bits per heavy atom.